The van der Waals surface area contributed by atoms with Crippen LogP contribution in [0.3, 0.4) is 0 Å². The summed E-state index contributed by atoms with van der Waals surface area (Å²) in [5.74, 6) is 0. The second-order valence-electron chi connectivity index (χ2n) is 7.05. The quantitative estimate of drug-likeness (QED) is 0.185. The summed E-state index contributed by atoms with van der Waals surface area (Å²) >= 11 is 0. The molecule has 3 nitrogen and oxygen atoms in total. The van der Waals surface area contributed by atoms with Crippen LogP contribution < -0.4 is 0 Å². The van der Waals surface area contributed by atoms with Crippen molar-refractivity contribution in [2.24, 2.45) is 0 Å². The van der Waals surface area contributed by atoms with Gasteiger partial charge in [-0.1, -0.05) is 85.0 Å². The van der Waals surface area contributed by atoms with Gasteiger partial charge in [-0.2, -0.15) is 0 Å². The zero-order valence-electron chi connectivity index (χ0n) is 16.9. The van der Waals surface area contributed by atoms with Crippen LogP contribution in [-0.2, 0) is 13.6 Å². The van der Waals surface area contributed by atoms with E-state index in [1.54, 1.807) is 0 Å². The summed E-state index contributed by atoms with van der Waals surface area (Å²) < 4.78 is 24.6. The third-order valence-corrected chi connectivity index (χ3v) is 6.50. The van der Waals surface area contributed by atoms with Gasteiger partial charge in [-0.15, -0.1) is 0 Å². The van der Waals surface area contributed by atoms with E-state index in [0.29, 0.717) is 12.8 Å². The van der Waals surface area contributed by atoms with Crippen LogP contribution >= 0.6 is 7.60 Å². The number of rotatable bonds is 18. The Morgan fingerprint density at radius 1 is 0.750 bits per heavy atom. The Hall–Kier alpha value is 0.150. The second-order valence-corrected chi connectivity index (χ2v) is 9.19. The fraction of sp³-hybridized carbons (Fsp3) is 1.00. The standard InChI is InChI=1S/C20H43O3P/c1-5-8-11-13-14-16-18-22-24(21,19-10-7-3)23-20(4)17-15-12-9-6-2/h20H,5-19H2,1-4H3. The number of hydrogen-bond donors (Lipinski definition) is 0. The molecule has 0 aliphatic carbocycles. The van der Waals surface area contributed by atoms with Gasteiger partial charge in [0, 0.05) is 0 Å². The first kappa shape index (κ1) is 24.1. The minimum absolute atomic E-state index is 0.0362. The first-order valence-corrected chi connectivity index (χ1v) is 12.2. The van der Waals surface area contributed by atoms with Gasteiger partial charge >= 0.3 is 7.60 Å². The van der Waals surface area contributed by atoms with E-state index in [4.69, 9.17) is 9.05 Å². The van der Waals surface area contributed by atoms with E-state index in [1.807, 2.05) is 6.92 Å². The summed E-state index contributed by atoms with van der Waals surface area (Å²) in [7, 11) is -2.91. The Labute approximate surface area is 151 Å². The Morgan fingerprint density at radius 2 is 1.29 bits per heavy atom. The molecule has 2 atom stereocenters. The van der Waals surface area contributed by atoms with E-state index in [1.165, 1.54) is 51.4 Å². The maximum Gasteiger partial charge on any atom is 0.330 e. The largest absolute Gasteiger partial charge is 0.330 e. The maximum atomic E-state index is 13.0. The minimum atomic E-state index is -2.91. The van der Waals surface area contributed by atoms with Gasteiger partial charge in [-0.05, 0) is 26.2 Å². The summed E-state index contributed by atoms with van der Waals surface area (Å²) in [4.78, 5) is 0. The molecule has 0 aromatic heterocycles. The second kappa shape index (κ2) is 16.6. The lowest BCUT2D eigenvalue weighted by atomic mass is 10.1. The maximum absolute atomic E-state index is 13.0. The van der Waals surface area contributed by atoms with Gasteiger partial charge in [-0.25, -0.2) is 0 Å². The summed E-state index contributed by atoms with van der Waals surface area (Å²) in [6.45, 7) is 9.18. The fourth-order valence-corrected chi connectivity index (χ4v) is 4.83. The topological polar surface area (TPSA) is 35.5 Å². The fourth-order valence-electron chi connectivity index (χ4n) is 2.77. The Morgan fingerprint density at radius 3 is 1.92 bits per heavy atom. The van der Waals surface area contributed by atoms with E-state index in [2.05, 4.69) is 20.8 Å². The zero-order chi connectivity index (χ0) is 18.1. The zero-order valence-corrected chi connectivity index (χ0v) is 17.8. The molecule has 0 aliphatic rings. The summed E-state index contributed by atoms with van der Waals surface area (Å²) in [5.41, 5.74) is 0. The molecule has 0 saturated heterocycles. The smallest absolute Gasteiger partial charge is 0.309 e. The summed E-state index contributed by atoms with van der Waals surface area (Å²) in [5, 5.41) is 0. The molecule has 0 fully saturated rings. The molecule has 0 aromatic carbocycles. The molecule has 0 spiro atoms. The molecule has 0 N–H and O–H groups in total. The van der Waals surface area contributed by atoms with E-state index in [9.17, 15) is 4.57 Å². The van der Waals surface area contributed by atoms with Crippen molar-refractivity contribution in [2.75, 3.05) is 12.8 Å². The van der Waals surface area contributed by atoms with Crippen molar-refractivity contribution in [1.29, 1.82) is 0 Å². The van der Waals surface area contributed by atoms with Crippen molar-refractivity contribution in [3.05, 3.63) is 0 Å². The molecular weight excluding hydrogens is 319 g/mol. The molecule has 24 heavy (non-hydrogen) atoms. The van der Waals surface area contributed by atoms with E-state index in [0.717, 1.165) is 32.1 Å². The van der Waals surface area contributed by atoms with Crippen LogP contribution in [-0.4, -0.2) is 18.9 Å². The molecule has 0 bridgehead atoms. The van der Waals surface area contributed by atoms with Gasteiger partial charge in [0.1, 0.15) is 0 Å². The molecule has 0 heterocycles. The van der Waals surface area contributed by atoms with E-state index >= 15 is 0 Å². The van der Waals surface area contributed by atoms with Gasteiger partial charge in [0.25, 0.3) is 0 Å². The van der Waals surface area contributed by atoms with Crippen LogP contribution in [0.25, 0.3) is 0 Å². The van der Waals surface area contributed by atoms with E-state index < -0.39 is 7.60 Å². The van der Waals surface area contributed by atoms with Crippen LogP contribution in [0, 0.1) is 0 Å². The van der Waals surface area contributed by atoms with Gasteiger partial charge < -0.3 is 9.05 Å². The number of unbranched alkanes of at least 4 members (excludes halogenated alkanes) is 9. The monoisotopic (exact) mass is 362 g/mol. The van der Waals surface area contributed by atoms with Crippen LogP contribution in [0.1, 0.15) is 111 Å². The van der Waals surface area contributed by atoms with Crippen LogP contribution in [0.5, 0.6) is 0 Å². The molecule has 0 aromatic rings. The van der Waals surface area contributed by atoms with Crippen LogP contribution in [0.2, 0.25) is 0 Å². The molecule has 4 heteroatoms. The molecule has 0 radical (unpaired) electrons. The lowest BCUT2D eigenvalue weighted by Gasteiger charge is -2.22. The highest BCUT2D eigenvalue weighted by Gasteiger charge is 2.26. The van der Waals surface area contributed by atoms with Crippen molar-refractivity contribution in [1.82, 2.24) is 0 Å². The summed E-state index contributed by atoms with van der Waals surface area (Å²) in [6.07, 6.45) is 15.7. The molecule has 0 rings (SSSR count). The Kier molecular flexibility index (Phi) is 16.7. The highest BCUT2D eigenvalue weighted by molar-refractivity contribution is 7.53. The lowest BCUT2D eigenvalue weighted by molar-refractivity contribution is 0.147. The van der Waals surface area contributed by atoms with Crippen molar-refractivity contribution in [2.45, 2.75) is 117 Å². The predicted octanol–water partition coefficient (Wildman–Crippen LogP) is 7.73. The molecule has 146 valence electrons. The van der Waals surface area contributed by atoms with Gasteiger partial charge in [0.05, 0.1) is 18.9 Å². The van der Waals surface area contributed by atoms with Crippen molar-refractivity contribution in [3.8, 4) is 0 Å². The molecule has 0 amide bonds. The third-order valence-electron chi connectivity index (χ3n) is 4.38. The SMILES string of the molecule is CCCCCCCCOP(=O)(CCCC)OC(C)CCCCCC. The average molecular weight is 363 g/mol. The Balaban J connectivity index is 4.07. The first-order chi connectivity index (χ1) is 11.6. The molecule has 0 aliphatic heterocycles. The molecular formula is C20H43O3P. The normalized spacial score (nSPS) is 15.3. The number of hydrogen-bond acceptors (Lipinski definition) is 3. The summed E-state index contributed by atoms with van der Waals surface area (Å²) in [6, 6.07) is 0. The average Bonchev–Trinajstić information content (AvgIpc) is 2.56. The highest BCUT2D eigenvalue weighted by Crippen LogP contribution is 2.50. The molecule has 0 saturated carbocycles. The minimum Gasteiger partial charge on any atom is -0.309 e. The molecule has 2 unspecified atom stereocenters. The van der Waals surface area contributed by atoms with Gasteiger partial charge in [-0.3, -0.25) is 4.57 Å². The van der Waals surface area contributed by atoms with Gasteiger partial charge in [0.2, 0.25) is 0 Å². The van der Waals surface area contributed by atoms with Crippen molar-refractivity contribution >= 4 is 7.60 Å². The Bertz CT molecular complexity index is 307. The van der Waals surface area contributed by atoms with Crippen LogP contribution in [0.15, 0.2) is 0 Å². The first-order valence-electron chi connectivity index (χ1n) is 10.5. The third kappa shape index (κ3) is 14.5. The van der Waals surface area contributed by atoms with Crippen LogP contribution in [0.4, 0.5) is 0 Å². The van der Waals surface area contributed by atoms with Gasteiger partial charge in [0.15, 0.2) is 0 Å². The van der Waals surface area contributed by atoms with E-state index in [-0.39, 0.29) is 6.10 Å². The lowest BCUT2D eigenvalue weighted by Crippen LogP contribution is -2.10. The van der Waals surface area contributed by atoms with Crippen molar-refractivity contribution in [3.63, 3.8) is 0 Å². The van der Waals surface area contributed by atoms with Crippen molar-refractivity contribution < 1.29 is 13.6 Å². The predicted molar refractivity (Wildman–Crippen MR) is 106 cm³/mol. The highest BCUT2D eigenvalue weighted by atomic mass is 31.2.